The van der Waals surface area contributed by atoms with Crippen LogP contribution in [0, 0.1) is 24.0 Å². The Balaban J connectivity index is 0.739. The molecule has 450 valence electrons. The van der Waals surface area contributed by atoms with Crippen LogP contribution in [0.1, 0.15) is 72.8 Å². The van der Waals surface area contributed by atoms with Gasteiger partial charge in [0.1, 0.15) is 41.9 Å². The molecule has 3 aliphatic heterocycles. The van der Waals surface area contributed by atoms with Crippen molar-refractivity contribution in [3.05, 3.63) is 110 Å². The van der Waals surface area contributed by atoms with Crippen LogP contribution in [0.4, 0.5) is 20.3 Å². The minimum Gasteiger partial charge on any atom is -0.490 e. The molecule has 4 aromatic heterocycles. The Morgan fingerprint density at radius 3 is 2.39 bits per heavy atom. The smallest absolute Gasteiger partial charge is 0.274 e. The fourth-order valence-electron chi connectivity index (χ4n) is 10.7. The Bertz CT molecular complexity index is 3600. The van der Waals surface area contributed by atoms with E-state index in [0.717, 1.165) is 60.1 Å². The summed E-state index contributed by atoms with van der Waals surface area (Å²) in [5.74, 6) is -4.21. The molecule has 3 aliphatic rings. The van der Waals surface area contributed by atoms with E-state index in [1.165, 1.54) is 37.8 Å². The van der Waals surface area contributed by atoms with Gasteiger partial charge in [-0.15, -0.1) is 11.3 Å². The third-order valence-corrected chi connectivity index (χ3v) is 16.6. The van der Waals surface area contributed by atoms with Crippen LogP contribution in [-0.2, 0) is 64.3 Å². The number of rotatable bonds is 23. The average Bonchev–Trinajstić information content (AvgIpc) is 4.33. The Hall–Kier alpha value is -7.20. The van der Waals surface area contributed by atoms with Crippen LogP contribution in [0.25, 0.3) is 32.5 Å². The number of aliphatic hydroxyl groups is 1. The molecule has 22 nitrogen and oxygen atoms in total. The number of halogens is 2. The maximum absolute atomic E-state index is 15.6. The molecule has 3 atom stereocenters. The second-order valence-electron chi connectivity index (χ2n) is 22.3. The summed E-state index contributed by atoms with van der Waals surface area (Å²) in [7, 11) is -2.17. The molecule has 26 heteroatoms. The summed E-state index contributed by atoms with van der Waals surface area (Å²) < 4.78 is 80.0. The first-order chi connectivity index (χ1) is 40.0. The number of carbonyl (C=O) groups is 4. The largest absolute Gasteiger partial charge is 0.490 e. The Kier molecular flexibility index (Phi) is 19.3. The van der Waals surface area contributed by atoms with Gasteiger partial charge in [-0.05, 0) is 73.2 Å². The highest BCUT2D eigenvalue weighted by molar-refractivity contribution is 7.89. The number of β-amino-alcohol motifs (C(OH)–C–C–N with tert-alkyl or cyclic N) is 1. The predicted octanol–water partition coefficient (Wildman–Crippen LogP) is 4.55. The highest BCUT2D eigenvalue weighted by Crippen LogP contribution is 2.45. The van der Waals surface area contributed by atoms with Gasteiger partial charge in [-0.3, -0.25) is 24.0 Å². The average molecular weight is 1200 g/mol. The van der Waals surface area contributed by atoms with E-state index >= 15 is 4.39 Å². The van der Waals surface area contributed by atoms with Crippen molar-refractivity contribution in [1.29, 1.82) is 0 Å². The maximum atomic E-state index is 15.6. The third kappa shape index (κ3) is 14.5. The number of piperidine rings is 1. The third-order valence-electron chi connectivity index (χ3n) is 14.8. The van der Waals surface area contributed by atoms with Gasteiger partial charge in [0.05, 0.1) is 79.4 Å². The van der Waals surface area contributed by atoms with E-state index in [4.69, 9.17) is 18.9 Å². The summed E-state index contributed by atoms with van der Waals surface area (Å²) in [6, 6.07) is 7.47. The minimum atomic E-state index is -3.72. The Morgan fingerprint density at radius 2 is 1.69 bits per heavy atom. The monoisotopic (exact) mass is 1200 g/mol. The van der Waals surface area contributed by atoms with Gasteiger partial charge in [-0.25, -0.2) is 27.2 Å². The molecule has 6 aromatic rings. The standard InChI is InChI=1S/C58H70F2N10O12S2/c1-33-51(83-32-66-33)34-7-8-35(47(20-34)82-40-9-11-61-12-10-40)24-65-55(74)46-22-39(71)28-70(46)57(76)52(58(2,3)4)67-48(72)30-81-18-17-80-16-15-79-14-13-62-54(73)41-23-45-42(19-36(41)31-84(6,77)78)43-29-68(5)56(75)50-49(43)37(25-63-50)27-69(45)53-44(60)21-38(59)26-64-53/h7-8,19-21,23,25-26,29,32,39-40,46,52,61,63,71H,9-18,22,24,27-28,30-31H2,1-6H3,(H,62,73)(H,65,74)(H,67,72). The van der Waals surface area contributed by atoms with Crippen molar-refractivity contribution in [2.24, 2.45) is 12.5 Å². The van der Waals surface area contributed by atoms with E-state index in [0.29, 0.717) is 33.9 Å². The van der Waals surface area contributed by atoms with Crippen molar-refractivity contribution in [3.8, 4) is 27.3 Å². The molecule has 9 rings (SSSR count). The number of hydrogen-bond acceptors (Lipinski definition) is 17. The van der Waals surface area contributed by atoms with E-state index in [1.54, 1.807) is 45.7 Å². The second kappa shape index (κ2) is 26.4. The van der Waals surface area contributed by atoms with Crippen molar-refractivity contribution in [3.63, 3.8) is 0 Å². The molecule has 2 saturated heterocycles. The van der Waals surface area contributed by atoms with Crippen LogP contribution in [0.2, 0.25) is 0 Å². The highest BCUT2D eigenvalue weighted by Gasteiger charge is 2.45. The number of aryl methyl sites for hydroxylation is 2. The first-order valence-corrected chi connectivity index (χ1v) is 30.6. The summed E-state index contributed by atoms with van der Waals surface area (Å²) in [6.07, 6.45) is 5.82. The SMILES string of the molecule is Cc1ncsc1-c1ccc(CNC(=O)C2CC(O)CN2C(=O)C(NC(=O)COCCOCCOCCNC(=O)c2cc3c(cc2CS(C)(=O)=O)-c2cn(C)c(=O)c4[nH]cc(c24)CN3c2ncc(F)cc2F)C(C)(C)C)c(OC2CCNCC2)c1. The van der Waals surface area contributed by atoms with Crippen LogP contribution >= 0.6 is 11.3 Å². The summed E-state index contributed by atoms with van der Waals surface area (Å²) in [5, 5.41) is 23.2. The van der Waals surface area contributed by atoms with E-state index in [9.17, 15) is 41.9 Å². The number of thiazole rings is 1. The Morgan fingerprint density at radius 1 is 0.952 bits per heavy atom. The van der Waals surface area contributed by atoms with E-state index in [2.05, 4.69) is 36.2 Å². The lowest BCUT2D eigenvalue weighted by molar-refractivity contribution is -0.144. The first-order valence-electron chi connectivity index (χ1n) is 27.7. The molecule has 2 aromatic carbocycles. The first kappa shape index (κ1) is 61.4. The number of ether oxygens (including phenoxy) is 4. The number of sulfone groups is 1. The number of pyridine rings is 2. The molecule has 0 bridgehead atoms. The number of carbonyl (C=O) groups excluding carboxylic acids is 4. The number of likely N-dealkylation sites (tertiary alicyclic amines) is 1. The van der Waals surface area contributed by atoms with Crippen molar-refractivity contribution in [1.82, 2.24) is 45.7 Å². The molecule has 7 heterocycles. The molecule has 3 unspecified atom stereocenters. The Labute approximate surface area is 488 Å². The molecule has 0 aliphatic carbocycles. The molecule has 6 N–H and O–H groups in total. The highest BCUT2D eigenvalue weighted by atomic mass is 32.2. The zero-order chi connectivity index (χ0) is 60.0. The van der Waals surface area contributed by atoms with E-state index in [-0.39, 0.29) is 105 Å². The summed E-state index contributed by atoms with van der Waals surface area (Å²) in [6.45, 7) is 8.96. The normalized spacial score (nSPS) is 16.8. The molecule has 2 fully saturated rings. The van der Waals surface area contributed by atoms with Gasteiger partial charge < -0.3 is 64.7 Å². The van der Waals surface area contributed by atoms with E-state index in [1.807, 2.05) is 25.1 Å². The van der Waals surface area contributed by atoms with Crippen LogP contribution in [0.15, 0.2) is 65.3 Å². The fraction of sp³-hybridized carbons (Fsp3) is 0.466. The number of aromatic nitrogens is 4. The minimum absolute atomic E-state index is 0.000917. The van der Waals surface area contributed by atoms with Crippen molar-refractivity contribution < 1.29 is 60.4 Å². The summed E-state index contributed by atoms with van der Waals surface area (Å²) in [5.41, 5.74) is 5.42. The van der Waals surface area contributed by atoms with Gasteiger partial charge in [0.15, 0.2) is 21.5 Å². The van der Waals surface area contributed by atoms with Crippen molar-refractivity contribution >= 4 is 67.2 Å². The number of aromatic amines is 1. The van der Waals surface area contributed by atoms with Gasteiger partial charge in [0.2, 0.25) is 17.7 Å². The number of nitrogens with one attached hydrogen (secondary N) is 5. The molecular weight excluding hydrogens is 1130 g/mol. The number of fused-ring (bicyclic) bond motifs is 2. The number of hydrogen-bond donors (Lipinski definition) is 6. The van der Waals surface area contributed by atoms with Crippen LogP contribution in [0.5, 0.6) is 5.75 Å². The molecular formula is C58H70F2N10O12S2. The van der Waals surface area contributed by atoms with Gasteiger partial charge in [0, 0.05) is 85.5 Å². The van der Waals surface area contributed by atoms with Gasteiger partial charge >= 0.3 is 0 Å². The number of aliphatic hydroxyl groups excluding tert-OH is 1. The van der Waals surface area contributed by atoms with Crippen molar-refractivity contribution in [2.75, 3.05) is 77.0 Å². The van der Waals surface area contributed by atoms with Crippen LogP contribution < -0.4 is 36.5 Å². The van der Waals surface area contributed by atoms with Gasteiger partial charge in [-0.1, -0.05) is 32.9 Å². The second-order valence-corrected chi connectivity index (χ2v) is 25.3. The zero-order valence-corrected chi connectivity index (χ0v) is 49.3. The molecule has 0 saturated carbocycles. The number of benzene rings is 2. The number of amides is 4. The molecule has 0 spiro atoms. The number of nitrogens with zero attached hydrogens (tertiary/aromatic N) is 5. The van der Waals surface area contributed by atoms with E-state index < -0.39 is 81.1 Å². The molecule has 0 radical (unpaired) electrons. The lowest BCUT2D eigenvalue weighted by Gasteiger charge is -2.35. The summed E-state index contributed by atoms with van der Waals surface area (Å²) in [4.78, 5) is 83.8. The number of H-pyrrole nitrogens is 1. The fourth-order valence-corrected chi connectivity index (χ4v) is 12.3. The zero-order valence-electron chi connectivity index (χ0n) is 47.6. The van der Waals surface area contributed by atoms with Crippen LogP contribution in [-0.4, -0.2) is 158 Å². The summed E-state index contributed by atoms with van der Waals surface area (Å²) >= 11 is 1.54. The maximum Gasteiger partial charge on any atom is 0.274 e. The van der Waals surface area contributed by atoms with Gasteiger partial charge in [-0.2, -0.15) is 0 Å². The number of anilines is 2. The molecule has 4 amide bonds. The topological polar surface area (TPSA) is 278 Å². The quantitative estimate of drug-likeness (QED) is 0.0480. The lowest BCUT2D eigenvalue weighted by Crippen LogP contribution is -2.58. The van der Waals surface area contributed by atoms with Crippen molar-refractivity contribution in [2.45, 2.75) is 90.1 Å². The lowest BCUT2D eigenvalue weighted by atomic mass is 9.85. The van der Waals surface area contributed by atoms with Crippen LogP contribution in [0.3, 0.4) is 0 Å². The molecule has 84 heavy (non-hydrogen) atoms. The van der Waals surface area contributed by atoms with Gasteiger partial charge in [0.25, 0.3) is 11.5 Å². The predicted molar refractivity (Wildman–Crippen MR) is 310 cm³/mol.